The number of nitrogens with zero attached hydrogens (tertiary/aromatic N) is 1. The van der Waals surface area contributed by atoms with E-state index in [-0.39, 0.29) is 0 Å². The third kappa shape index (κ3) is 1.88. The number of hydrogen-bond donors (Lipinski definition) is 0. The molecule has 0 radical (unpaired) electrons. The summed E-state index contributed by atoms with van der Waals surface area (Å²) in [4.78, 5) is 15.2. The lowest BCUT2D eigenvalue weighted by molar-refractivity contribution is 0.0600. The highest BCUT2D eigenvalue weighted by Crippen LogP contribution is 2.19. The molecule has 0 unspecified atom stereocenters. The number of methoxy groups -OCH3 is 1. The molecule has 0 aliphatic carbocycles. The van der Waals surface area contributed by atoms with Crippen LogP contribution in [0.15, 0.2) is 41.3 Å². The summed E-state index contributed by atoms with van der Waals surface area (Å²) in [7, 11) is 1.34. The first-order valence-corrected chi connectivity index (χ1v) is 4.38. The van der Waals surface area contributed by atoms with Crippen LogP contribution in [0.4, 0.5) is 0 Å². The maximum Gasteiger partial charge on any atom is 0.339 e. The Morgan fingerprint density at radius 2 is 2.33 bits per heavy atom. The molecule has 0 saturated heterocycles. The fraction of sp³-hybridized carbons (Fsp3) is 0.0909. The van der Waals surface area contributed by atoms with Crippen LogP contribution in [-0.2, 0) is 4.74 Å². The van der Waals surface area contributed by atoms with Gasteiger partial charge in [0.1, 0.15) is 5.76 Å². The largest absolute Gasteiger partial charge is 0.465 e. The van der Waals surface area contributed by atoms with Gasteiger partial charge in [0.15, 0.2) is 0 Å². The molecular formula is C11H9NO3. The Labute approximate surface area is 86.5 Å². The summed E-state index contributed by atoms with van der Waals surface area (Å²) in [6.07, 6.45) is 4.66. The Bertz CT molecular complexity index is 462. The van der Waals surface area contributed by atoms with Gasteiger partial charge >= 0.3 is 5.97 Å². The zero-order valence-corrected chi connectivity index (χ0v) is 8.14. The number of carbonyl (C=O) groups excluding carboxylic acids is 1. The maximum absolute atomic E-state index is 11.2. The van der Waals surface area contributed by atoms with Crippen molar-refractivity contribution in [2.24, 2.45) is 0 Å². The standard InChI is InChI=1S/C11H9NO3/c1-14-11(13)9-5-8(6-12-7-9)10-3-2-4-15-10/h2-7H,1H3. The van der Waals surface area contributed by atoms with Crippen molar-refractivity contribution in [3.8, 4) is 11.3 Å². The van der Waals surface area contributed by atoms with Crippen molar-refractivity contribution in [1.82, 2.24) is 4.98 Å². The van der Waals surface area contributed by atoms with Crippen molar-refractivity contribution in [2.45, 2.75) is 0 Å². The van der Waals surface area contributed by atoms with Gasteiger partial charge in [0.05, 0.1) is 18.9 Å². The lowest BCUT2D eigenvalue weighted by Crippen LogP contribution is -2.01. The van der Waals surface area contributed by atoms with E-state index in [4.69, 9.17) is 4.42 Å². The first kappa shape index (κ1) is 9.45. The summed E-state index contributed by atoms with van der Waals surface area (Å²) in [5.41, 5.74) is 1.16. The van der Waals surface area contributed by atoms with Gasteiger partial charge < -0.3 is 9.15 Å². The molecule has 15 heavy (non-hydrogen) atoms. The van der Waals surface area contributed by atoms with Crippen LogP contribution >= 0.6 is 0 Å². The minimum Gasteiger partial charge on any atom is -0.465 e. The Morgan fingerprint density at radius 1 is 1.47 bits per heavy atom. The van der Waals surface area contributed by atoms with E-state index in [0.717, 1.165) is 5.56 Å². The summed E-state index contributed by atoms with van der Waals surface area (Å²) in [6, 6.07) is 5.26. The van der Waals surface area contributed by atoms with Gasteiger partial charge in [-0.2, -0.15) is 0 Å². The SMILES string of the molecule is COC(=O)c1cncc(-c2ccco2)c1. The van der Waals surface area contributed by atoms with E-state index >= 15 is 0 Å². The smallest absolute Gasteiger partial charge is 0.339 e. The lowest BCUT2D eigenvalue weighted by atomic mass is 10.2. The Morgan fingerprint density at radius 3 is 3.00 bits per heavy atom. The normalized spacial score (nSPS) is 9.93. The van der Waals surface area contributed by atoms with Crippen molar-refractivity contribution in [3.05, 3.63) is 42.4 Å². The third-order valence-electron chi connectivity index (χ3n) is 1.97. The fourth-order valence-corrected chi connectivity index (χ4v) is 1.25. The van der Waals surface area contributed by atoms with Gasteiger partial charge in [-0.15, -0.1) is 0 Å². The number of furan rings is 1. The molecule has 0 aliphatic rings. The predicted molar refractivity (Wildman–Crippen MR) is 53.3 cm³/mol. The summed E-state index contributed by atoms with van der Waals surface area (Å²) in [6.45, 7) is 0. The third-order valence-corrected chi connectivity index (χ3v) is 1.97. The first-order valence-electron chi connectivity index (χ1n) is 4.38. The fourth-order valence-electron chi connectivity index (χ4n) is 1.25. The molecule has 0 atom stereocenters. The van der Waals surface area contributed by atoms with E-state index in [9.17, 15) is 4.79 Å². The van der Waals surface area contributed by atoms with Gasteiger partial charge in [-0.05, 0) is 18.2 Å². The molecular weight excluding hydrogens is 194 g/mol. The molecule has 0 aromatic carbocycles. The maximum atomic E-state index is 11.2. The number of ether oxygens (including phenoxy) is 1. The molecule has 2 aromatic rings. The number of pyridine rings is 1. The highest BCUT2D eigenvalue weighted by atomic mass is 16.5. The van der Waals surface area contributed by atoms with Crippen LogP contribution in [0.25, 0.3) is 11.3 Å². The van der Waals surface area contributed by atoms with Gasteiger partial charge in [0.25, 0.3) is 0 Å². The molecule has 0 N–H and O–H groups in total. The van der Waals surface area contributed by atoms with E-state index < -0.39 is 5.97 Å². The number of carbonyl (C=O) groups is 1. The zero-order valence-electron chi connectivity index (χ0n) is 8.14. The topological polar surface area (TPSA) is 52.3 Å². The second-order valence-corrected chi connectivity index (χ2v) is 2.93. The summed E-state index contributed by atoms with van der Waals surface area (Å²) >= 11 is 0. The van der Waals surface area contributed by atoms with Crippen molar-refractivity contribution in [1.29, 1.82) is 0 Å². The molecule has 76 valence electrons. The van der Waals surface area contributed by atoms with Crippen molar-refractivity contribution in [3.63, 3.8) is 0 Å². The summed E-state index contributed by atoms with van der Waals surface area (Å²) in [5.74, 6) is 0.268. The molecule has 2 rings (SSSR count). The number of hydrogen-bond acceptors (Lipinski definition) is 4. The predicted octanol–water partition coefficient (Wildman–Crippen LogP) is 2.13. The molecule has 0 amide bonds. The highest BCUT2D eigenvalue weighted by Gasteiger charge is 2.08. The minimum absolute atomic E-state index is 0.407. The quantitative estimate of drug-likeness (QED) is 0.701. The van der Waals surface area contributed by atoms with E-state index in [0.29, 0.717) is 11.3 Å². The highest BCUT2D eigenvalue weighted by molar-refractivity contribution is 5.90. The molecule has 0 aliphatic heterocycles. The van der Waals surface area contributed by atoms with Gasteiger partial charge in [-0.1, -0.05) is 0 Å². The molecule has 4 nitrogen and oxygen atoms in total. The van der Waals surface area contributed by atoms with Crippen LogP contribution in [0.2, 0.25) is 0 Å². The van der Waals surface area contributed by atoms with Crippen molar-refractivity contribution in [2.75, 3.05) is 7.11 Å². The summed E-state index contributed by atoms with van der Waals surface area (Å²) in [5, 5.41) is 0. The molecule has 2 heterocycles. The zero-order chi connectivity index (χ0) is 10.7. The number of rotatable bonds is 2. The average Bonchev–Trinajstić information content (AvgIpc) is 2.82. The molecule has 0 fully saturated rings. The monoisotopic (exact) mass is 203 g/mol. The van der Waals surface area contributed by atoms with Crippen molar-refractivity contribution < 1.29 is 13.9 Å². The Kier molecular flexibility index (Phi) is 2.49. The van der Waals surface area contributed by atoms with Crippen LogP contribution in [0.3, 0.4) is 0 Å². The molecule has 2 aromatic heterocycles. The number of esters is 1. The molecule has 0 spiro atoms. The van der Waals surface area contributed by atoms with Crippen LogP contribution in [0.1, 0.15) is 10.4 Å². The first-order chi connectivity index (χ1) is 7.31. The second kappa shape index (κ2) is 3.96. The van der Waals surface area contributed by atoms with Crippen LogP contribution < -0.4 is 0 Å². The van der Waals surface area contributed by atoms with Gasteiger partial charge in [-0.25, -0.2) is 4.79 Å². The van der Waals surface area contributed by atoms with Gasteiger partial charge in [-0.3, -0.25) is 4.98 Å². The number of aromatic nitrogens is 1. The van der Waals surface area contributed by atoms with E-state index in [1.807, 2.05) is 0 Å². The Balaban J connectivity index is 2.39. The van der Waals surface area contributed by atoms with Crippen molar-refractivity contribution >= 4 is 5.97 Å². The van der Waals surface area contributed by atoms with Crippen LogP contribution in [0, 0.1) is 0 Å². The molecule has 4 heteroatoms. The lowest BCUT2D eigenvalue weighted by Gasteiger charge is -2.00. The Hall–Kier alpha value is -2.10. The molecule has 0 bridgehead atoms. The summed E-state index contributed by atoms with van der Waals surface area (Å²) < 4.78 is 9.79. The second-order valence-electron chi connectivity index (χ2n) is 2.93. The van der Waals surface area contributed by atoms with Gasteiger partial charge in [0.2, 0.25) is 0 Å². The van der Waals surface area contributed by atoms with Crippen LogP contribution in [-0.4, -0.2) is 18.1 Å². The van der Waals surface area contributed by atoms with Crippen LogP contribution in [0.5, 0.6) is 0 Å². The van der Waals surface area contributed by atoms with E-state index in [1.54, 1.807) is 30.7 Å². The van der Waals surface area contributed by atoms with E-state index in [1.165, 1.54) is 13.3 Å². The van der Waals surface area contributed by atoms with Gasteiger partial charge in [0, 0.05) is 18.0 Å². The minimum atomic E-state index is -0.407. The average molecular weight is 203 g/mol. The molecule has 0 saturated carbocycles. The van der Waals surface area contributed by atoms with E-state index in [2.05, 4.69) is 9.72 Å².